The van der Waals surface area contributed by atoms with Crippen molar-refractivity contribution in [1.82, 2.24) is 0 Å². The Labute approximate surface area is 150 Å². The lowest BCUT2D eigenvalue weighted by atomic mass is 10.1. The van der Waals surface area contributed by atoms with E-state index in [0.717, 1.165) is 30.9 Å². The zero-order valence-electron chi connectivity index (χ0n) is 16.1. The van der Waals surface area contributed by atoms with Crippen molar-refractivity contribution in [2.24, 2.45) is 0 Å². The minimum atomic E-state index is 0.799. The molecule has 0 unspecified atom stereocenters. The molecule has 2 nitrogen and oxygen atoms in total. The van der Waals surface area contributed by atoms with E-state index in [1.807, 2.05) is 12.1 Å². The molecule has 0 heterocycles. The third-order valence-corrected chi connectivity index (χ3v) is 4.65. The highest BCUT2D eigenvalue weighted by molar-refractivity contribution is 5.48. The van der Waals surface area contributed by atoms with E-state index in [4.69, 9.17) is 10.5 Å². The van der Waals surface area contributed by atoms with E-state index in [9.17, 15) is 0 Å². The Morgan fingerprint density at radius 2 is 1.33 bits per heavy atom. The first-order valence-corrected chi connectivity index (χ1v) is 10.3. The second-order valence-corrected chi connectivity index (χ2v) is 7.00. The highest BCUT2D eigenvalue weighted by Gasteiger charge is 2.04. The Bertz CT molecular complexity index is 416. The molecule has 0 fully saturated rings. The molecular formula is C22H39NO. The van der Waals surface area contributed by atoms with Crippen LogP contribution in [0.2, 0.25) is 0 Å². The summed E-state index contributed by atoms with van der Waals surface area (Å²) in [5, 5.41) is 0. The van der Waals surface area contributed by atoms with Gasteiger partial charge in [0.25, 0.3) is 0 Å². The fraction of sp³-hybridized carbons (Fsp3) is 0.727. The van der Waals surface area contributed by atoms with Gasteiger partial charge in [0, 0.05) is 11.8 Å². The van der Waals surface area contributed by atoms with Gasteiger partial charge in [-0.2, -0.15) is 0 Å². The van der Waals surface area contributed by atoms with Crippen molar-refractivity contribution in [1.29, 1.82) is 0 Å². The Morgan fingerprint density at radius 3 is 1.96 bits per heavy atom. The van der Waals surface area contributed by atoms with Gasteiger partial charge in [0.15, 0.2) is 0 Å². The lowest BCUT2D eigenvalue weighted by molar-refractivity contribution is 0.301. The molecule has 2 heteroatoms. The molecule has 1 aromatic rings. The van der Waals surface area contributed by atoms with Crippen LogP contribution in [0.5, 0.6) is 5.75 Å². The zero-order valence-corrected chi connectivity index (χ0v) is 16.1. The number of anilines is 1. The number of hydrogen-bond donors (Lipinski definition) is 1. The fourth-order valence-corrected chi connectivity index (χ4v) is 3.05. The summed E-state index contributed by atoms with van der Waals surface area (Å²) in [7, 11) is 0. The number of nitrogen functional groups attached to an aromatic ring is 1. The maximum Gasteiger partial charge on any atom is 0.124 e. The number of nitrogens with two attached hydrogens (primary N) is 1. The summed E-state index contributed by atoms with van der Waals surface area (Å²) < 4.78 is 6.01. The van der Waals surface area contributed by atoms with Crippen molar-refractivity contribution >= 4 is 5.69 Å². The van der Waals surface area contributed by atoms with Crippen LogP contribution in [0.25, 0.3) is 0 Å². The highest BCUT2D eigenvalue weighted by atomic mass is 16.5. The standard InChI is InChI=1S/C22H39NO/c1-3-5-7-8-9-10-11-12-13-14-18-24-22-19-21(23)17-16-20(22)15-6-4-2/h16-17,19H,3-15,18,23H2,1-2H3. The van der Waals surface area contributed by atoms with Crippen LogP contribution in [-0.2, 0) is 6.42 Å². The van der Waals surface area contributed by atoms with E-state index in [0.29, 0.717) is 0 Å². The van der Waals surface area contributed by atoms with Gasteiger partial charge in [-0.3, -0.25) is 0 Å². The van der Waals surface area contributed by atoms with Crippen molar-refractivity contribution in [2.45, 2.75) is 97.3 Å². The second-order valence-electron chi connectivity index (χ2n) is 7.00. The molecule has 0 saturated heterocycles. The molecule has 0 amide bonds. The van der Waals surface area contributed by atoms with Crippen LogP contribution >= 0.6 is 0 Å². The lowest BCUT2D eigenvalue weighted by Crippen LogP contribution is -2.01. The van der Waals surface area contributed by atoms with Crippen molar-refractivity contribution in [3.05, 3.63) is 23.8 Å². The number of hydrogen-bond acceptors (Lipinski definition) is 2. The summed E-state index contributed by atoms with van der Waals surface area (Å²) >= 11 is 0. The topological polar surface area (TPSA) is 35.2 Å². The molecule has 0 spiro atoms. The minimum absolute atomic E-state index is 0.799. The number of benzene rings is 1. The van der Waals surface area contributed by atoms with Gasteiger partial charge >= 0.3 is 0 Å². The van der Waals surface area contributed by atoms with Crippen LogP contribution in [0.15, 0.2) is 18.2 Å². The van der Waals surface area contributed by atoms with Gasteiger partial charge in [0.1, 0.15) is 5.75 Å². The monoisotopic (exact) mass is 333 g/mol. The summed E-state index contributed by atoms with van der Waals surface area (Å²) in [6.45, 7) is 5.32. The lowest BCUT2D eigenvalue weighted by Gasteiger charge is -2.12. The quantitative estimate of drug-likeness (QED) is 0.279. The van der Waals surface area contributed by atoms with Gasteiger partial charge in [-0.15, -0.1) is 0 Å². The molecule has 1 rings (SSSR count). The normalized spacial score (nSPS) is 10.9. The predicted octanol–water partition coefficient (Wildman–Crippen LogP) is 6.91. The van der Waals surface area contributed by atoms with Gasteiger partial charge in [-0.05, 0) is 30.9 Å². The Balaban J connectivity index is 2.09. The number of unbranched alkanes of at least 4 members (excludes halogenated alkanes) is 10. The number of aryl methyl sites for hydroxylation is 1. The Hall–Kier alpha value is -1.18. The largest absolute Gasteiger partial charge is 0.493 e. The summed E-state index contributed by atoms with van der Waals surface area (Å²) in [4.78, 5) is 0. The molecule has 0 aromatic heterocycles. The molecule has 1 aromatic carbocycles. The van der Waals surface area contributed by atoms with Crippen molar-refractivity contribution in [3.63, 3.8) is 0 Å². The first-order valence-electron chi connectivity index (χ1n) is 10.3. The number of rotatable bonds is 15. The van der Waals surface area contributed by atoms with E-state index < -0.39 is 0 Å². The van der Waals surface area contributed by atoms with Gasteiger partial charge in [-0.1, -0.05) is 84.1 Å². The summed E-state index contributed by atoms with van der Waals surface area (Å²) in [5.41, 5.74) is 8.01. The maximum atomic E-state index is 6.01. The third-order valence-electron chi connectivity index (χ3n) is 4.65. The fourth-order valence-electron chi connectivity index (χ4n) is 3.05. The highest BCUT2D eigenvalue weighted by Crippen LogP contribution is 2.24. The van der Waals surface area contributed by atoms with E-state index in [-0.39, 0.29) is 0 Å². The molecule has 2 N–H and O–H groups in total. The van der Waals surface area contributed by atoms with Crippen LogP contribution in [-0.4, -0.2) is 6.61 Å². The minimum Gasteiger partial charge on any atom is -0.493 e. The van der Waals surface area contributed by atoms with Gasteiger partial charge < -0.3 is 10.5 Å². The average molecular weight is 334 g/mol. The molecular weight excluding hydrogens is 294 g/mol. The van der Waals surface area contributed by atoms with Crippen molar-refractivity contribution in [2.75, 3.05) is 12.3 Å². The maximum absolute atomic E-state index is 6.01. The molecule has 0 radical (unpaired) electrons. The SMILES string of the molecule is CCCCCCCCCCCCOc1cc(N)ccc1CCCC. The summed E-state index contributed by atoms with van der Waals surface area (Å²) in [6, 6.07) is 6.10. The second kappa shape index (κ2) is 14.2. The first-order chi connectivity index (χ1) is 11.8. The van der Waals surface area contributed by atoms with Crippen LogP contribution in [0.1, 0.15) is 96.5 Å². The first kappa shape index (κ1) is 20.9. The number of ether oxygens (including phenoxy) is 1. The third kappa shape index (κ3) is 9.85. The molecule has 0 bridgehead atoms. The molecule has 0 saturated carbocycles. The Morgan fingerprint density at radius 1 is 0.750 bits per heavy atom. The van der Waals surface area contributed by atoms with E-state index in [1.54, 1.807) is 0 Å². The smallest absolute Gasteiger partial charge is 0.124 e. The van der Waals surface area contributed by atoms with Crippen molar-refractivity contribution in [3.8, 4) is 5.75 Å². The zero-order chi connectivity index (χ0) is 17.5. The average Bonchev–Trinajstić information content (AvgIpc) is 2.59. The van der Waals surface area contributed by atoms with E-state index in [1.165, 1.54) is 76.2 Å². The van der Waals surface area contributed by atoms with E-state index >= 15 is 0 Å². The van der Waals surface area contributed by atoms with Crippen molar-refractivity contribution < 1.29 is 4.74 Å². The molecule has 24 heavy (non-hydrogen) atoms. The molecule has 0 aliphatic carbocycles. The molecule has 0 aliphatic heterocycles. The predicted molar refractivity (Wildman–Crippen MR) is 107 cm³/mol. The van der Waals surface area contributed by atoms with Crippen LogP contribution in [0, 0.1) is 0 Å². The Kier molecular flexibility index (Phi) is 12.3. The molecule has 138 valence electrons. The van der Waals surface area contributed by atoms with Crippen LogP contribution in [0.3, 0.4) is 0 Å². The molecule has 0 aliphatic rings. The van der Waals surface area contributed by atoms with Gasteiger partial charge in [0.05, 0.1) is 6.61 Å². The van der Waals surface area contributed by atoms with Gasteiger partial charge in [0.2, 0.25) is 0 Å². The summed E-state index contributed by atoms with van der Waals surface area (Å²) in [6.07, 6.45) is 17.1. The molecule has 0 atom stereocenters. The summed E-state index contributed by atoms with van der Waals surface area (Å²) in [5.74, 6) is 0.999. The van der Waals surface area contributed by atoms with Crippen LogP contribution < -0.4 is 10.5 Å². The van der Waals surface area contributed by atoms with E-state index in [2.05, 4.69) is 19.9 Å². The van der Waals surface area contributed by atoms with Crippen LogP contribution in [0.4, 0.5) is 5.69 Å². The van der Waals surface area contributed by atoms with Gasteiger partial charge in [-0.25, -0.2) is 0 Å².